The minimum atomic E-state index is -0.395. The second-order valence-corrected chi connectivity index (χ2v) is 7.87. The Labute approximate surface area is 162 Å². The van der Waals surface area contributed by atoms with E-state index in [1.54, 1.807) is 4.90 Å². The molecule has 8 heteroatoms. The third kappa shape index (κ3) is 3.06. The Morgan fingerprint density at radius 2 is 1.71 bits per heavy atom. The molecule has 3 unspecified atom stereocenters. The van der Waals surface area contributed by atoms with Gasteiger partial charge in [0.25, 0.3) is 0 Å². The average Bonchev–Trinajstić information content (AvgIpc) is 3.16. The Hall–Kier alpha value is -2.77. The lowest BCUT2D eigenvalue weighted by Gasteiger charge is -2.36. The number of carbonyl (C=O) groups is 3. The number of fused-ring (bicyclic) bond motifs is 1. The Morgan fingerprint density at radius 3 is 2.43 bits per heavy atom. The first-order valence-corrected chi connectivity index (χ1v) is 9.86. The Morgan fingerprint density at radius 1 is 1.00 bits per heavy atom. The Balaban J connectivity index is 1.15. The van der Waals surface area contributed by atoms with Crippen LogP contribution in [-0.2, 0) is 14.4 Å². The van der Waals surface area contributed by atoms with Crippen molar-refractivity contribution in [2.24, 2.45) is 5.92 Å². The van der Waals surface area contributed by atoms with E-state index in [9.17, 15) is 14.4 Å². The van der Waals surface area contributed by atoms with Crippen LogP contribution in [0.3, 0.4) is 0 Å². The minimum absolute atomic E-state index is 0.0109. The summed E-state index contributed by atoms with van der Waals surface area (Å²) >= 11 is 0. The van der Waals surface area contributed by atoms with Crippen LogP contribution in [0.2, 0.25) is 0 Å². The molecule has 8 nitrogen and oxygen atoms in total. The number of carbonyl (C=O) groups excluding carboxylic acids is 3. The van der Waals surface area contributed by atoms with Crippen molar-refractivity contribution in [2.75, 3.05) is 33.0 Å². The van der Waals surface area contributed by atoms with Gasteiger partial charge in [-0.05, 0) is 36.5 Å². The minimum Gasteiger partial charge on any atom is -0.454 e. The molecule has 3 amide bonds. The molecule has 0 spiro atoms. The molecule has 0 aromatic heterocycles. The van der Waals surface area contributed by atoms with Crippen LogP contribution >= 0.6 is 0 Å². The van der Waals surface area contributed by atoms with Gasteiger partial charge in [0.2, 0.25) is 24.5 Å². The molecule has 1 aromatic rings. The van der Waals surface area contributed by atoms with Gasteiger partial charge in [-0.25, -0.2) is 0 Å². The highest BCUT2D eigenvalue weighted by Gasteiger charge is 2.46. The van der Waals surface area contributed by atoms with Crippen LogP contribution in [0.5, 0.6) is 11.5 Å². The van der Waals surface area contributed by atoms with Gasteiger partial charge in [0.15, 0.2) is 11.5 Å². The summed E-state index contributed by atoms with van der Waals surface area (Å²) in [7, 11) is 0. The van der Waals surface area contributed by atoms with Gasteiger partial charge >= 0.3 is 0 Å². The fourth-order valence-corrected chi connectivity index (χ4v) is 4.38. The Kier molecular flexibility index (Phi) is 4.14. The SMILES string of the molecule is O=C1CCC(C(=O)N2CCN(C(=O)C3CC3c3ccc4c(c3)OCO4)CC2)N1. The first-order chi connectivity index (χ1) is 13.6. The van der Waals surface area contributed by atoms with Crippen LogP contribution in [-0.4, -0.2) is 66.5 Å². The van der Waals surface area contributed by atoms with Crippen molar-refractivity contribution in [1.82, 2.24) is 15.1 Å². The molecule has 3 aliphatic heterocycles. The summed E-state index contributed by atoms with van der Waals surface area (Å²) in [6, 6.07) is 5.50. The first kappa shape index (κ1) is 17.3. The number of ether oxygens (including phenoxy) is 2. The van der Waals surface area contributed by atoms with E-state index >= 15 is 0 Å². The summed E-state index contributed by atoms with van der Waals surface area (Å²) in [6.07, 6.45) is 1.83. The zero-order valence-electron chi connectivity index (χ0n) is 15.6. The number of nitrogens with one attached hydrogen (secondary N) is 1. The highest BCUT2D eigenvalue weighted by molar-refractivity contribution is 5.91. The predicted octanol–water partition coefficient (Wildman–Crippen LogP) is 0.468. The summed E-state index contributed by atoms with van der Waals surface area (Å²) in [5, 5.41) is 2.72. The quantitative estimate of drug-likeness (QED) is 0.817. The maximum Gasteiger partial charge on any atom is 0.245 e. The summed E-state index contributed by atoms with van der Waals surface area (Å²) in [6.45, 7) is 2.40. The van der Waals surface area contributed by atoms with Gasteiger partial charge in [-0.3, -0.25) is 14.4 Å². The second-order valence-electron chi connectivity index (χ2n) is 7.87. The van der Waals surface area contributed by atoms with Gasteiger partial charge in [-0.1, -0.05) is 6.07 Å². The summed E-state index contributed by atoms with van der Waals surface area (Å²) in [5.41, 5.74) is 1.12. The van der Waals surface area contributed by atoms with Crippen LogP contribution in [0.15, 0.2) is 18.2 Å². The van der Waals surface area contributed by atoms with Crippen molar-refractivity contribution >= 4 is 17.7 Å². The third-order valence-corrected chi connectivity index (χ3v) is 6.13. The molecule has 148 valence electrons. The van der Waals surface area contributed by atoms with Gasteiger partial charge in [-0.2, -0.15) is 0 Å². The van der Waals surface area contributed by atoms with Crippen LogP contribution in [0.4, 0.5) is 0 Å². The van der Waals surface area contributed by atoms with Gasteiger partial charge in [-0.15, -0.1) is 0 Å². The molecule has 0 bridgehead atoms. The predicted molar refractivity (Wildman–Crippen MR) is 97.7 cm³/mol. The van der Waals surface area contributed by atoms with Crippen molar-refractivity contribution in [3.63, 3.8) is 0 Å². The van der Waals surface area contributed by atoms with E-state index < -0.39 is 6.04 Å². The molecule has 2 saturated heterocycles. The van der Waals surface area contributed by atoms with Gasteiger partial charge in [0.1, 0.15) is 6.04 Å². The topological polar surface area (TPSA) is 88.2 Å². The molecule has 3 atom stereocenters. The molecule has 3 fully saturated rings. The smallest absolute Gasteiger partial charge is 0.245 e. The van der Waals surface area contributed by atoms with E-state index in [-0.39, 0.29) is 36.4 Å². The van der Waals surface area contributed by atoms with Gasteiger partial charge in [0.05, 0.1) is 0 Å². The number of amides is 3. The number of hydrogen-bond acceptors (Lipinski definition) is 5. The normalized spacial score (nSPS) is 28.3. The highest BCUT2D eigenvalue weighted by Crippen LogP contribution is 2.50. The number of nitrogens with zero attached hydrogens (tertiary/aromatic N) is 2. The van der Waals surface area contributed by atoms with Gasteiger partial charge in [0, 0.05) is 38.5 Å². The van der Waals surface area contributed by atoms with E-state index in [4.69, 9.17) is 9.47 Å². The molecule has 3 heterocycles. The van der Waals surface area contributed by atoms with Crippen LogP contribution < -0.4 is 14.8 Å². The molecular formula is C20H23N3O5. The van der Waals surface area contributed by atoms with E-state index in [1.807, 2.05) is 23.1 Å². The number of hydrogen-bond donors (Lipinski definition) is 1. The lowest BCUT2D eigenvalue weighted by molar-refractivity contribution is -0.141. The highest BCUT2D eigenvalue weighted by atomic mass is 16.7. The molecule has 1 aliphatic carbocycles. The first-order valence-electron chi connectivity index (χ1n) is 9.86. The number of rotatable bonds is 3. The van der Waals surface area contributed by atoms with Gasteiger partial charge < -0.3 is 24.6 Å². The Bertz CT molecular complexity index is 833. The van der Waals surface area contributed by atoms with Crippen molar-refractivity contribution < 1.29 is 23.9 Å². The third-order valence-electron chi connectivity index (χ3n) is 6.13. The van der Waals surface area contributed by atoms with Crippen molar-refractivity contribution in [3.05, 3.63) is 23.8 Å². The molecular weight excluding hydrogens is 362 g/mol. The number of benzene rings is 1. The van der Waals surface area contributed by atoms with E-state index in [2.05, 4.69) is 5.32 Å². The molecule has 1 saturated carbocycles. The van der Waals surface area contributed by atoms with Crippen LogP contribution in [0.25, 0.3) is 0 Å². The fourth-order valence-electron chi connectivity index (χ4n) is 4.38. The zero-order chi connectivity index (χ0) is 19.3. The lowest BCUT2D eigenvalue weighted by Crippen LogP contribution is -2.54. The molecule has 4 aliphatic rings. The molecule has 0 radical (unpaired) electrons. The molecule has 5 rings (SSSR count). The van der Waals surface area contributed by atoms with Crippen LogP contribution in [0.1, 0.15) is 30.7 Å². The van der Waals surface area contributed by atoms with Crippen LogP contribution in [0, 0.1) is 5.92 Å². The second kappa shape index (κ2) is 6.68. The van der Waals surface area contributed by atoms with E-state index in [0.29, 0.717) is 39.0 Å². The maximum absolute atomic E-state index is 12.9. The van der Waals surface area contributed by atoms with E-state index in [1.165, 1.54) is 0 Å². The molecule has 1 N–H and O–H groups in total. The van der Waals surface area contributed by atoms with E-state index in [0.717, 1.165) is 23.5 Å². The maximum atomic E-state index is 12.9. The monoisotopic (exact) mass is 385 g/mol. The summed E-state index contributed by atoms with van der Waals surface area (Å²) in [5.74, 6) is 1.84. The molecule has 28 heavy (non-hydrogen) atoms. The zero-order valence-corrected chi connectivity index (χ0v) is 15.6. The largest absolute Gasteiger partial charge is 0.454 e. The summed E-state index contributed by atoms with van der Waals surface area (Å²) in [4.78, 5) is 40.3. The number of piperazine rings is 1. The average molecular weight is 385 g/mol. The lowest BCUT2D eigenvalue weighted by atomic mass is 10.1. The molecule has 1 aromatic carbocycles. The van der Waals surface area contributed by atoms with Crippen molar-refractivity contribution in [2.45, 2.75) is 31.2 Å². The summed E-state index contributed by atoms with van der Waals surface area (Å²) < 4.78 is 10.8. The van der Waals surface area contributed by atoms with Crippen molar-refractivity contribution in [1.29, 1.82) is 0 Å². The standard InChI is InChI=1S/C20H23N3O5/c24-18-4-2-15(21-18)20(26)23-7-5-22(6-8-23)19(25)14-10-13(14)12-1-3-16-17(9-12)28-11-27-16/h1,3,9,13-15H,2,4-8,10-11H2,(H,21,24). The van der Waals surface area contributed by atoms with Crippen molar-refractivity contribution in [3.8, 4) is 11.5 Å². The fraction of sp³-hybridized carbons (Fsp3) is 0.550.